The lowest BCUT2D eigenvalue weighted by Crippen LogP contribution is -2.36. The van der Waals surface area contributed by atoms with Crippen LogP contribution in [0, 0.1) is 5.82 Å². The first-order valence-electron chi connectivity index (χ1n) is 12.9. The number of rotatable bonds is 6. The molecule has 0 bridgehead atoms. The van der Waals surface area contributed by atoms with E-state index in [1.807, 2.05) is 29.2 Å². The predicted molar refractivity (Wildman–Crippen MR) is 155 cm³/mol. The van der Waals surface area contributed by atoms with Crippen molar-refractivity contribution < 1.29 is 13.9 Å². The van der Waals surface area contributed by atoms with Crippen LogP contribution in [0.2, 0.25) is 0 Å². The molecule has 40 heavy (non-hydrogen) atoms. The second kappa shape index (κ2) is 11.0. The van der Waals surface area contributed by atoms with Crippen molar-refractivity contribution in [1.82, 2.24) is 14.5 Å². The summed E-state index contributed by atoms with van der Waals surface area (Å²) in [5.74, 6) is 0.773. The molecule has 6 rings (SSSR count). The summed E-state index contributed by atoms with van der Waals surface area (Å²) in [6.07, 6.45) is 0.810. The third kappa shape index (κ3) is 5.10. The summed E-state index contributed by atoms with van der Waals surface area (Å²) in [5.41, 5.74) is 4.69. The molecule has 0 atom stereocenters. The summed E-state index contributed by atoms with van der Waals surface area (Å²) in [5, 5.41) is 0.894. The molecule has 0 saturated carbocycles. The first-order chi connectivity index (χ1) is 19.5. The van der Waals surface area contributed by atoms with Gasteiger partial charge in [-0.05, 0) is 77.7 Å². The number of amides is 1. The lowest BCUT2D eigenvalue weighted by molar-refractivity contribution is 0.0735. The second-order valence-electron chi connectivity index (χ2n) is 9.63. The molecule has 0 saturated heterocycles. The van der Waals surface area contributed by atoms with Crippen LogP contribution in [-0.4, -0.2) is 34.0 Å². The van der Waals surface area contributed by atoms with E-state index < -0.39 is 0 Å². The number of hydrogen-bond donors (Lipinski definition) is 0. The van der Waals surface area contributed by atoms with Crippen LogP contribution < -0.4 is 10.3 Å². The van der Waals surface area contributed by atoms with Crippen LogP contribution in [0.3, 0.4) is 0 Å². The molecule has 2 heterocycles. The molecule has 1 aromatic heterocycles. The molecule has 8 heteroatoms. The van der Waals surface area contributed by atoms with Crippen molar-refractivity contribution in [3.63, 3.8) is 0 Å². The fraction of sp³-hybridized carbons (Fsp3) is 0.156. The minimum absolute atomic E-state index is 0.0851. The highest BCUT2D eigenvalue weighted by Gasteiger charge is 2.23. The first kappa shape index (κ1) is 25.8. The SMILES string of the molecule is COc1ccc(-n2c(SCc3ccc(F)cc3)nc3cc(C(=O)N4CCc5ccccc5C4)ccc3c2=O)cc1. The quantitative estimate of drug-likeness (QED) is 0.191. The van der Waals surface area contributed by atoms with E-state index in [2.05, 4.69) is 12.1 Å². The van der Waals surface area contributed by atoms with E-state index in [4.69, 9.17) is 9.72 Å². The van der Waals surface area contributed by atoms with Gasteiger partial charge >= 0.3 is 0 Å². The van der Waals surface area contributed by atoms with Crippen molar-refractivity contribution in [3.05, 3.63) is 129 Å². The number of benzene rings is 4. The molecule has 6 nitrogen and oxygen atoms in total. The number of hydrogen-bond acceptors (Lipinski definition) is 5. The molecule has 0 radical (unpaired) electrons. The Labute approximate surface area is 235 Å². The Bertz CT molecular complexity index is 1770. The Morgan fingerprint density at radius 3 is 2.48 bits per heavy atom. The third-order valence-corrected chi connectivity index (χ3v) is 8.12. The third-order valence-electron chi connectivity index (χ3n) is 7.12. The van der Waals surface area contributed by atoms with Crippen LogP contribution in [0.25, 0.3) is 16.6 Å². The van der Waals surface area contributed by atoms with Gasteiger partial charge in [0, 0.05) is 24.4 Å². The normalized spacial score (nSPS) is 12.8. The van der Waals surface area contributed by atoms with Crippen LogP contribution in [0.15, 0.2) is 101 Å². The number of aromatic nitrogens is 2. The van der Waals surface area contributed by atoms with Crippen molar-refractivity contribution in [2.75, 3.05) is 13.7 Å². The molecule has 0 spiro atoms. The molecule has 0 unspecified atom stereocenters. The van der Waals surface area contributed by atoms with E-state index in [0.29, 0.717) is 51.9 Å². The summed E-state index contributed by atoms with van der Waals surface area (Å²) in [7, 11) is 1.59. The van der Waals surface area contributed by atoms with E-state index >= 15 is 0 Å². The summed E-state index contributed by atoms with van der Waals surface area (Å²) < 4.78 is 20.3. The van der Waals surface area contributed by atoms with Crippen LogP contribution >= 0.6 is 11.8 Å². The molecule has 0 N–H and O–H groups in total. The number of ether oxygens (including phenoxy) is 1. The van der Waals surface area contributed by atoms with Gasteiger partial charge in [-0.3, -0.25) is 14.2 Å². The van der Waals surface area contributed by atoms with Crippen LogP contribution in [0.1, 0.15) is 27.0 Å². The molecule has 1 aliphatic heterocycles. The van der Waals surface area contributed by atoms with Gasteiger partial charge in [0.05, 0.1) is 23.7 Å². The van der Waals surface area contributed by atoms with E-state index in [-0.39, 0.29) is 17.3 Å². The van der Waals surface area contributed by atoms with Gasteiger partial charge in [0.1, 0.15) is 11.6 Å². The Kier molecular flexibility index (Phi) is 7.09. The second-order valence-corrected chi connectivity index (χ2v) is 10.6. The van der Waals surface area contributed by atoms with Crippen molar-refractivity contribution in [3.8, 4) is 11.4 Å². The minimum Gasteiger partial charge on any atom is -0.497 e. The molecule has 1 amide bonds. The number of nitrogens with zero attached hydrogens (tertiary/aromatic N) is 3. The fourth-order valence-electron chi connectivity index (χ4n) is 4.93. The van der Waals surface area contributed by atoms with E-state index in [9.17, 15) is 14.0 Å². The maximum Gasteiger partial charge on any atom is 0.266 e. The van der Waals surface area contributed by atoms with Gasteiger partial charge < -0.3 is 9.64 Å². The van der Waals surface area contributed by atoms with Gasteiger partial charge in [0.2, 0.25) is 0 Å². The number of halogens is 1. The van der Waals surface area contributed by atoms with Crippen molar-refractivity contribution in [2.45, 2.75) is 23.9 Å². The van der Waals surface area contributed by atoms with E-state index in [1.165, 1.54) is 29.5 Å². The summed E-state index contributed by atoms with van der Waals surface area (Å²) in [6, 6.07) is 26.7. The average Bonchev–Trinajstić information content (AvgIpc) is 3.00. The highest BCUT2D eigenvalue weighted by molar-refractivity contribution is 7.98. The zero-order valence-electron chi connectivity index (χ0n) is 21.8. The lowest BCUT2D eigenvalue weighted by Gasteiger charge is -2.29. The molecular formula is C32H26FN3O3S. The fourth-order valence-corrected chi connectivity index (χ4v) is 5.90. The molecule has 1 aliphatic rings. The Hall–Kier alpha value is -4.43. The molecular weight excluding hydrogens is 525 g/mol. The average molecular weight is 552 g/mol. The molecule has 5 aromatic rings. The first-order valence-corrected chi connectivity index (χ1v) is 13.9. The van der Waals surface area contributed by atoms with Crippen LogP contribution in [-0.2, 0) is 18.7 Å². The maximum atomic E-state index is 13.8. The van der Waals surface area contributed by atoms with Gasteiger partial charge in [-0.15, -0.1) is 0 Å². The Balaban J connectivity index is 1.38. The maximum absolute atomic E-state index is 13.8. The van der Waals surface area contributed by atoms with Gasteiger partial charge in [-0.25, -0.2) is 9.37 Å². The van der Waals surface area contributed by atoms with E-state index in [0.717, 1.165) is 17.5 Å². The topological polar surface area (TPSA) is 64.4 Å². The number of methoxy groups -OCH3 is 1. The summed E-state index contributed by atoms with van der Waals surface area (Å²) in [4.78, 5) is 34.0. The smallest absolute Gasteiger partial charge is 0.266 e. The zero-order valence-corrected chi connectivity index (χ0v) is 22.7. The number of carbonyl (C=O) groups excluding carboxylic acids is 1. The number of fused-ring (bicyclic) bond motifs is 2. The largest absolute Gasteiger partial charge is 0.497 e. The predicted octanol–water partition coefficient (Wildman–Crippen LogP) is 6.02. The Morgan fingerprint density at radius 2 is 1.73 bits per heavy atom. The number of thioether (sulfide) groups is 1. The van der Waals surface area contributed by atoms with E-state index in [1.54, 1.807) is 54.1 Å². The minimum atomic E-state index is -0.304. The molecule has 4 aromatic carbocycles. The summed E-state index contributed by atoms with van der Waals surface area (Å²) in [6.45, 7) is 1.19. The zero-order chi connectivity index (χ0) is 27.6. The lowest BCUT2D eigenvalue weighted by atomic mass is 9.99. The summed E-state index contributed by atoms with van der Waals surface area (Å²) >= 11 is 1.38. The molecule has 200 valence electrons. The monoisotopic (exact) mass is 551 g/mol. The van der Waals surface area contributed by atoms with Gasteiger partial charge in [0.15, 0.2) is 5.16 Å². The van der Waals surface area contributed by atoms with Gasteiger partial charge in [-0.1, -0.05) is 48.2 Å². The van der Waals surface area contributed by atoms with Crippen molar-refractivity contribution in [1.29, 1.82) is 0 Å². The molecule has 0 fully saturated rings. The van der Waals surface area contributed by atoms with Crippen molar-refractivity contribution >= 4 is 28.6 Å². The number of carbonyl (C=O) groups is 1. The van der Waals surface area contributed by atoms with Gasteiger partial charge in [0.25, 0.3) is 11.5 Å². The van der Waals surface area contributed by atoms with Crippen LogP contribution in [0.5, 0.6) is 5.75 Å². The Morgan fingerprint density at radius 1 is 0.975 bits per heavy atom. The molecule has 0 aliphatic carbocycles. The van der Waals surface area contributed by atoms with Crippen LogP contribution in [0.4, 0.5) is 4.39 Å². The highest BCUT2D eigenvalue weighted by atomic mass is 32.2. The van der Waals surface area contributed by atoms with Gasteiger partial charge in [-0.2, -0.15) is 0 Å². The highest BCUT2D eigenvalue weighted by Crippen LogP contribution is 2.27. The van der Waals surface area contributed by atoms with Crippen molar-refractivity contribution in [2.24, 2.45) is 0 Å². The standard InChI is InChI=1S/C32H26FN3O3S/c1-39-27-13-11-26(12-14-27)36-31(38)28-15-8-23(30(37)35-17-16-22-4-2-3-5-24(22)19-35)18-29(28)34-32(36)40-20-21-6-9-25(33)10-7-21/h2-15,18H,16-17,19-20H2,1H3.